The highest BCUT2D eigenvalue weighted by atomic mass is 16.5. The highest BCUT2D eigenvalue weighted by Gasteiger charge is 2.35. The van der Waals surface area contributed by atoms with Crippen molar-refractivity contribution < 1.29 is 14.3 Å². The van der Waals surface area contributed by atoms with Crippen LogP contribution in [0.1, 0.15) is 26.3 Å². The van der Waals surface area contributed by atoms with Gasteiger partial charge in [0.1, 0.15) is 11.6 Å². The van der Waals surface area contributed by atoms with Gasteiger partial charge in [-0.05, 0) is 26.0 Å². The van der Waals surface area contributed by atoms with Crippen LogP contribution in [0, 0.1) is 5.92 Å². The van der Waals surface area contributed by atoms with Crippen LogP contribution in [-0.2, 0) is 9.59 Å². The van der Waals surface area contributed by atoms with Gasteiger partial charge in [0.2, 0.25) is 11.8 Å². The van der Waals surface area contributed by atoms with E-state index in [1.54, 1.807) is 35.0 Å². The fraction of sp³-hybridized carbons (Fsp3) is 0.389. The van der Waals surface area contributed by atoms with Gasteiger partial charge in [-0.25, -0.2) is 4.68 Å². The minimum atomic E-state index is -0.394. The van der Waals surface area contributed by atoms with Crippen LogP contribution in [0.3, 0.4) is 0 Å². The zero-order valence-corrected chi connectivity index (χ0v) is 14.6. The van der Waals surface area contributed by atoms with E-state index < -0.39 is 5.92 Å². The van der Waals surface area contributed by atoms with E-state index in [-0.39, 0.29) is 24.3 Å². The number of hydrogen-bond donors (Lipinski definition) is 1. The van der Waals surface area contributed by atoms with Gasteiger partial charge in [-0.15, -0.1) is 0 Å². The summed E-state index contributed by atoms with van der Waals surface area (Å²) >= 11 is 0. The number of benzene rings is 1. The van der Waals surface area contributed by atoms with E-state index in [2.05, 4.69) is 10.4 Å². The second-order valence-electron chi connectivity index (χ2n) is 6.35. The third kappa shape index (κ3) is 3.50. The lowest BCUT2D eigenvalue weighted by Gasteiger charge is -2.18. The number of hydrogen-bond acceptors (Lipinski definition) is 4. The standard InChI is InChI=1S/C18H22N4O3/c1-12(2)22-16(7-8-19-22)20-18(24)13-9-17(23)21(11-13)14-5-4-6-15(10-14)25-3/h4-8,10,12-13H,9,11H2,1-3H3,(H,20,24)/t13-/m0/s1. The maximum Gasteiger partial charge on any atom is 0.230 e. The van der Waals surface area contributed by atoms with Crippen molar-refractivity contribution in [1.82, 2.24) is 9.78 Å². The van der Waals surface area contributed by atoms with E-state index >= 15 is 0 Å². The van der Waals surface area contributed by atoms with Gasteiger partial charge in [-0.1, -0.05) is 6.07 Å². The Bertz CT molecular complexity index is 784. The largest absolute Gasteiger partial charge is 0.497 e. The van der Waals surface area contributed by atoms with Crippen molar-refractivity contribution in [3.8, 4) is 5.75 Å². The quantitative estimate of drug-likeness (QED) is 0.905. The molecule has 7 nitrogen and oxygen atoms in total. The highest BCUT2D eigenvalue weighted by Crippen LogP contribution is 2.28. The number of ether oxygens (including phenoxy) is 1. The molecule has 1 fully saturated rings. The Hall–Kier alpha value is -2.83. The van der Waals surface area contributed by atoms with Crippen molar-refractivity contribution >= 4 is 23.3 Å². The summed E-state index contributed by atoms with van der Waals surface area (Å²) in [7, 11) is 1.58. The smallest absolute Gasteiger partial charge is 0.230 e. The molecule has 0 spiro atoms. The Morgan fingerprint density at radius 1 is 1.36 bits per heavy atom. The van der Waals surface area contributed by atoms with Crippen molar-refractivity contribution in [2.75, 3.05) is 23.9 Å². The summed E-state index contributed by atoms with van der Waals surface area (Å²) in [5.74, 6) is 0.701. The maximum atomic E-state index is 12.6. The van der Waals surface area contributed by atoms with Crippen LogP contribution in [-0.4, -0.2) is 35.2 Å². The molecule has 0 saturated carbocycles. The molecule has 1 aromatic heterocycles. The van der Waals surface area contributed by atoms with Crippen LogP contribution >= 0.6 is 0 Å². The molecule has 1 saturated heterocycles. The number of nitrogens with one attached hydrogen (secondary N) is 1. The predicted molar refractivity (Wildman–Crippen MR) is 94.7 cm³/mol. The van der Waals surface area contributed by atoms with Gasteiger partial charge >= 0.3 is 0 Å². The van der Waals surface area contributed by atoms with Crippen molar-refractivity contribution in [2.24, 2.45) is 5.92 Å². The summed E-state index contributed by atoms with van der Waals surface area (Å²) in [6.45, 7) is 4.34. The van der Waals surface area contributed by atoms with E-state index in [0.717, 1.165) is 5.69 Å². The number of amides is 2. The molecule has 2 aromatic rings. The number of methoxy groups -OCH3 is 1. The average molecular weight is 342 g/mol. The molecule has 1 aromatic carbocycles. The summed E-state index contributed by atoms with van der Waals surface area (Å²) in [6.07, 6.45) is 1.84. The van der Waals surface area contributed by atoms with Gasteiger partial charge in [-0.2, -0.15) is 5.10 Å². The van der Waals surface area contributed by atoms with E-state index in [1.165, 1.54) is 0 Å². The number of aromatic nitrogens is 2. The molecule has 1 atom stereocenters. The van der Waals surface area contributed by atoms with Gasteiger partial charge in [0, 0.05) is 36.8 Å². The molecule has 1 aliphatic heterocycles. The van der Waals surface area contributed by atoms with Crippen molar-refractivity contribution in [1.29, 1.82) is 0 Å². The first-order valence-electron chi connectivity index (χ1n) is 8.28. The Balaban J connectivity index is 1.71. The normalized spacial score (nSPS) is 17.2. The van der Waals surface area contributed by atoms with Crippen molar-refractivity contribution in [3.63, 3.8) is 0 Å². The van der Waals surface area contributed by atoms with Gasteiger partial charge in [0.05, 0.1) is 19.2 Å². The molecule has 0 bridgehead atoms. The van der Waals surface area contributed by atoms with Crippen LogP contribution in [0.5, 0.6) is 5.75 Å². The van der Waals surface area contributed by atoms with Gasteiger partial charge in [0.15, 0.2) is 0 Å². The molecule has 1 N–H and O–H groups in total. The summed E-state index contributed by atoms with van der Waals surface area (Å²) in [5, 5.41) is 7.09. The molecular formula is C18H22N4O3. The van der Waals surface area contributed by atoms with E-state index in [4.69, 9.17) is 4.74 Å². The predicted octanol–water partition coefficient (Wildman–Crippen LogP) is 2.46. The SMILES string of the molecule is COc1cccc(N2C[C@@H](C(=O)Nc3ccnn3C(C)C)CC2=O)c1. The van der Waals surface area contributed by atoms with Gasteiger partial charge < -0.3 is 15.0 Å². The van der Waals surface area contributed by atoms with Crippen LogP contribution in [0.25, 0.3) is 0 Å². The molecule has 0 aliphatic carbocycles. The first-order valence-corrected chi connectivity index (χ1v) is 8.28. The second-order valence-corrected chi connectivity index (χ2v) is 6.35. The highest BCUT2D eigenvalue weighted by molar-refractivity contribution is 6.03. The van der Waals surface area contributed by atoms with Gasteiger partial charge in [-0.3, -0.25) is 9.59 Å². The number of carbonyl (C=O) groups excluding carboxylic acids is 2. The average Bonchev–Trinajstić information content (AvgIpc) is 3.21. The number of rotatable bonds is 5. The summed E-state index contributed by atoms with van der Waals surface area (Å²) in [6, 6.07) is 9.19. The van der Waals surface area contributed by atoms with Crippen molar-refractivity contribution in [3.05, 3.63) is 36.5 Å². The molecule has 3 rings (SSSR count). The number of nitrogens with zero attached hydrogens (tertiary/aromatic N) is 3. The van der Waals surface area contributed by atoms with Crippen LogP contribution in [0.4, 0.5) is 11.5 Å². The third-order valence-corrected chi connectivity index (χ3v) is 4.27. The summed E-state index contributed by atoms with van der Waals surface area (Å²) < 4.78 is 6.95. The number of anilines is 2. The minimum Gasteiger partial charge on any atom is -0.497 e. The molecule has 132 valence electrons. The lowest BCUT2D eigenvalue weighted by molar-refractivity contribution is -0.122. The van der Waals surface area contributed by atoms with E-state index in [0.29, 0.717) is 18.1 Å². The molecule has 25 heavy (non-hydrogen) atoms. The Labute approximate surface area is 146 Å². The van der Waals surface area contributed by atoms with Crippen molar-refractivity contribution in [2.45, 2.75) is 26.3 Å². The molecular weight excluding hydrogens is 320 g/mol. The molecule has 0 unspecified atom stereocenters. The molecule has 0 radical (unpaired) electrons. The lowest BCUT2D eigenvalue weighted by atomic mass is 10.1. The summed E-state index contributed by atoms with van der Waals surface area (Å²) in [5.41, 5.74) is 0.742. The minimum absolute atomic E-state index is 0.0641. The maximum absolute atomic E-state index is 12.6. The Kier molecular flexibility index (Phi) is 4.74. The van der Waals surface area contributed by atoms with Crippen LogP contribution < -0.4 is 15.0 Å². The monoisotopic (exact) mass is 342 g/mol. The number of carbonyl (C=O) groups is 2. The first-order chi connectivity index (χ1) is 12.0. The zero-order chi connectivity index (χ0) is 18.0. The molecule has 1 aliphatic rings. The van der Waals surface area contributed by atoms with E-state index in [1.807, 2.05) is 32.0 Å². The Morgan fingerprint density at radius 3 is 2.88 bits per heavy atom. The zero-order valence-electron chi connectivity index (χ0n) is 14.6. The fourth-order valence-electron chi connectivity index (χ4n) is 2.96. The first kappa shape index (κ1) is 17.0. The fourth-order valence-corrected chi connectivity index (χ4v) is 2.96. The molecule has 7 heteroatoms. The topological polar surface area (TPSA) is 76.5 Å². The lowest BCUT2D eigenvalue weighted by Crippen LogP contribution is -2.28. The van der Waals surface area contributed by atoms with Gasteiger partial charge in [0.25, 0.3) is 0 Å². The van der Waals surface area contributed by atoms with Crippen LogP contribution in [0.15, 0.2) is 36.5 Å². The van der Waals surface area contributed by atoms with Crippen LogP contribution in [0.2, 0.25) is 0 Å². The summed E-state index contributed by atoms with van der Waals surface area (Å²) in [4.78, 5) is 26.6. The molecule has 2 amide bonds. The molecule has 2 heterocycles. The second kappa shape index (κ2) is 6.96. The van der Waals surface area contributed by atoms with E-state index in [9.17, 15) is 9.59 Å². The third-order valence-electron chi connectivity index (χ3n) is 4.27. The Morgan fingerprint density at radius 2 is 2.16 bits per heavy atom.